The minimum atomic E-state index is -1.53. The molecule has 9 heteroatoms. The molecule has 0 radical (unpaired) electrons. The first-order valence-electron chi connectivity index (χ1n) is 11.4. The van der Waals surface area contributed by atoms with Crippen molar-refractivity contribution in [2.75, 3.05) is 13.3 Å². The molecule has 1 aliphatic rings. The van der Waals surface area contributed by atoms with Crippen LogP contribution in [0.5, 0.6) is 0 Å². The summed E-state index contributed by atoms with van der Waals surface area (Å²) >= 11 is 0. The second-order valence-corrected chi connectivity index (χ2v) is 9.12. The molecule has 1 fully saturated rings. The molecule has 1 saturated carbocycles. The summed E-state index contributed by atoms with van der Waals surface area (Å²) in [4.78, 5) is 9.57. The Morgan fingerprint density at radius 3 is 2.50 bits per heavy atom. The Labute approximate surface area is 198 Å². The summed E-state index contributed by atoms with van der Waals surface area (Å²) in [5.41, 5.74) is -1.71. The zero-order chi connectivity index (χ0) is 24.9. The summed E-state index contributed by atoms with van der Waals surface area (Å²) in [5, 5.41) is 32.8. The molecule has 184 valence electrons. The SMILES string of the molecule is CC/C=C(C)\N=N/OCNCC(O)(c1cc(C(C)(C)O)c(F)c(-c2ccc(F)cc2)n1)C1CC1. The maximum Gasteiger partial charge on any atom is 0.170 e. The third-order valence-corrected chi connectivity index (χ3v) is 5.75. The van der Waals surface area contributed by atoms with Crippen molar-refractivity contribution in [2.24, 2.45) is 16.3 Å². The van der Waals surface area contributed by atoms with Crippen molar-refractivity contribution < 1.29 is 23.8 Å². The highest BCUT2D eigenvalue weighted by atomic mass is 19.1. The van der Waals surface area contributed by atoms with Crippen molar-refractivity contribution in [1.82, 2.24) is 10.3 Å². The van der Waals surface area contributed by atoms with Gasteiger partial charge in [-0.1, -0.05) is 13.0 Å². The molecule has 0 bridgehead atoms. The van der Waals surface area contributed by atoms with Crippen LogP contribution >= 0.6 is 0 Å². The predicted molar refractivity (Wildman–Crippen MR) is 124 cm³/mol. The minimum Gasteiger partial charge on any atom is -0.386 e. The molecule has 1 unspecified atom stereocenters. The van der Waals surface area contributed by atoms with Crippen LogP contribution in [0.25, 0.3) is 11.3 Å². The number of rotatable bonds is 11. The van der Waals surface area contributed by atoms with Gasteiger partial charge in [-0.05, 0) is 76.3 Å². The van der Waals surface area contributed by atoms with Gasteiger partial charge in [0.2, 0.25) is 0 Å². The topological polar surface area (TPSA) is 99.3 Å². The number of benzene rings is 1. The third-order valence-electron chi connectivity index (χ3n) is 5.75. The number of pyridine rings is 1. The van der Waals surface area contributed by atoms with Crippen LogP contribution in [0.3, 0.4) is 0 Å². The highest BCUT2D eigenvalue weighted by molar-refractivity contribution is 5.62. The molecule has 1 atom stereocenters. The molecule has 2 aromatic rings. The first-order chi connectivity index (χ1) is 16.1. The maximum atomic E-state index is 15.4. The Morgan fingerprint density at radius 1 is 1.24 bits per heavy atom. The third kappa shape index (κ3) is 6.22. The molecule has 0 spiro atoms. The molecular weight excluding hydrogens is 442 g/mol. The molecule has 7 nitrogen and oxygen atoms in total. The van der Waals surface area contributed by atoms with E-state index in [1.54, 1.807) is 0 Å². The fourth-order valence-electron chi connectivity index (χ4n) is 3.75. The molecule has 1 heterocycles. The van der Waals surface area contributed by atoms with E-state index in [-0.39, 0.29) is 36.1 Å². The summed E-state index contributed by atoms with van der Waals surface area (Å²) in [6.45, 7) is 6.81. The number of aliphatic hydroxyl groups is 2. The van der Waals surface area contributed by atoms with Crippen molar-refractivity contribution in [3.05, 3.63) is 65.0 Å². The first kappa shape index (κ1) is 25.9. The van der Waals surface area contributed by atoms with Crippen molar-refractivity contribution in [1.29, 1.82) is 0 Å². The van der Waals surface area contributed by atoms with Crippen LogP contribution in [0.2, 0.25) is 0 Å². The van der Waals surface area contributed by atoms with E-state index in [4.69, 9.17) is 4.84 Å². The monoisotopic (exact) mass is 474 g/mol. The van der Waals surface area contributed by atoms with Crippen LogP contribution in [0.15, 0.2) is 52.5 Å². The van der Waals surface area contributed by atoms with Crippen LogP contribution in [0.4, 0.5) is 8.78 Å². The normalized spacial score (nSPS) is 16.6. The lowest BCUT2D eigenvalue weighted by Gasteiger charge is -2.30. The van der Waals surface area contributed by atoms with E-state index in [1.165, 1.54) is 44.2 Å². The Bertz CT molecular complexity index is 1050. The number of hydrogen-bond acceptors (Lipinski definition) is 7. The molecule has 1 aromatic heterocycles. The van der Waals surface area contributed by atoms with Crippen molar-refractivity contribution in [3.8, 4) is 11.3 Å². The predicted octanol–water partition coefficient (Wildman–Crippen LogP) is 5.10. The zero-order valence-electron chi connectivity index (χ0n) is 20.0. The standard InChI is InChI=1S/C25H32F2N4O3/c1-5-6-16(2)30-31-34-15-28-14-25(33,18-9-10-18)21-13-20(24(3,4)32)22(27)23(29-21)17-7-11-19(26)12-8-17/h6-8,11-13,18,28,32-33H,5,9-10,14-15H2,1-4H3/b16-6-,31-30-. The Morgan fingerprint density at radius 2 is 1.91 bits per heavy atom. The number of nitrogens with zero attached hydrogens (tertiary/aromatic N) is 3. The van der Waals surface area contributed by atoms with Gasteiger partial charge in [0, 0.05) is 22.9 Å². The van der Waals surface area contributed by atoms with E-state index < -0.39 is 22.8 Å². The number of aromatic nitrogens is 1. The summed E-state index contributed by atoms with van der Waals surface area (Å²) in [7, 11) is 0. The van der Waals surface area contributed by atoms with Crippen molar-refractivity contribution in [2.45, 2.75) is 58.2 Å². The van der Waals surface area contributed by atoms with Gasteiger partial charge >= 0.3 is 0 Å². The molecule has 0 saturated heterocycles. The van der Waals surface area contributed by atoms with Crippen LogP contribution in [-0.4, -0.2) is 28.5 Å². The van der Waals surface area contributed by atoms with Gasteiger partial charge < -0.3 is 15.1 Å². The van der Waals surface area contributed by atoms with Crippen LogP contribution < -0.4 is 5.32 Å². The van der Waals surface area contributed by atoms with E-state index in [1.807, 2.05) is 19.9 Å². The first-order valence-corrected chi connectivity index (χ1v) is 11.4. The molecular formula is C25H32F2N4O3. The second kappa shape index (κ2) is 10.7. The van der Waals surface area contributed by atoms with E-state index in [9.17, 15) is 14.6 Å². The van der Waals surface area contributed by atoms with E-state index in [2.05, 4.69) is 20.7 Å². The van der Waals surface area contributed by atoms with Crippen LogP contribution in [0.1, 0.15) is 58.2 Å². The van der Waals surface area contributed by atoms with Gasteiger partial charge in [-0.15, -0.1) is 5.11 Å². The van der Waals surface area contributed by atoms with Crippen LogP contribution in [0, 0.1) is 17.6 Å². The fourth-order valence-corrected chi connectivity index (χ4v) is 3.75. The molecule has 0 aliphatic heterocycles. The van der Waals surface area contributed by atoms with Crippen LogP contribution in [-0.2, 0) is 16.0 Å². The summed E-state index contributed by atoms with van der Waals surface area (Å²) in [6, 6.07) is 6.67. The molecule has 1 aromatic carbocycles. The van der Waals surface area contributed by atoms with Gasteiger partial charge in [-0.3, -0.25) is 5.32 Å². The van der Waals surface area contributed by atoms with Gasteiger partial charge in [0.1, 0.15) is 17.1 Å². The van der Waals surface area contributed by atoms with Crippen molar-refractivity contribution in [3.63, 3.8) is 0 Å². The number of hydrogen-bond donors (Lipinski definition) is 3. The molecule has 3 N–H and O–H groups in total. The average molecular weight is 475 g/mol. The molecule has 3 rings (SSSR count). The largest absolute Gasteiger partial charge is 0.386 e. The number of halogens is 2. The Hall–Kier alpha value is -2.75. The summed E-state index contributed by atoms with van der Waals surface area (Å²) in [6.07, 6.45) is 4.31. The fraction of sp³-hybridized carbons (Fsp3) is 0.480. The van der Waals surface area contributed by atoms with Crippen molar-refractivity contribution >= 4 is 0 Å². The number of allylic oxidation sites excluding steroid dienone is 2. The van der Waals surface area contributed by atoms with Gasteiger partial charge in [-0.2, -0.15) is 0 Å². The summed E-state index contributed by atoms with van der Waals surface area (Å²) < 4.78 is 28.8. The lowest BCUT2D eigenvalue weighted by atomic mass is 9.88. The molecule has 0 amide bonds. The van der Waals surface area contributed by atoms with Gasteiger partial charge in [0.05, 0.1) is 17.0 Å². The minimum absolute atomic E-state index is 0.000799. The smallest absolute Gasteiger partial charge is 0.170 e. The van der Waals surface area contributed by atoms with E-state index in [0.717, 1.165) is 25.0 Å². The number of nitrogens with one attached hydrogen (secondary N) is 1. The highest BCUT2D eigenvalue weighted by Crippen LogP contribution is 2.46. The lowest BCUT2D eigenvalue weighted by molar-refractivity contribution is -0.00373. The molecule has 34 heavy (non-hydrogen) atoms. The Balaban J connectivity index is 1.89. The lowest BCUT2D eigenvalue weighted by Crippen LogP contribution is -2.42. The quantitative estimate of drug-likeness (QED) is 0.182. The summed E-state index contributed by atoms with van der Waals surface area (Å²) in [5.74, 6) is -1.27. The second-order valence-electron chi connectivity index (χ2n) is 9.12. The highest BCUT2D eigenvalue weighted by Gasteiger charge is 2.47. The van der Waals surface area contributed by atoms with E-state index >= 15 is 4.39 Å². The van der Waals surface area contributed by atoms with Gasteiger partial charge in [-0.25, -0.2) is 13.8 Å². The van der Waals surface area contributed by atoms with E-state index in [0.29, 0.717) is 5.56 Å². The zero-order valence-corrected chi connectivity index (χ0v) is 20.0. The average Bonchev–Trinajstić information content (AvgIpc) is 3.62. The van der Waals surface area contributed by atoms with Gasteiger partial charge in [0.15, 0.2) is 12.5 Å². The van der Waals surface area contributed by atoms with Gasteiger partial charge in [0.25, 0.3) is 0 Å². The Kier molecular flexibility index (Phi) is 8.12. The molecule has 1 aliphatic carbocycles. The maximum absolute atomic E-state index is 15.4.